The van der Waals surface area contributed by atoms with Crippen molar-refractivity contribution in [3.8, 4) is 0 Å². The summed E-state index contributed by atoms with van der Waals surface area (Å²) in [5.41, 5.74) is 5.12. The van der Waals surface area contributed by atoms with Crippen LogP contribution in [0.25, 0.3) is 0 Å². The van der Waals surface area contributed by atoms with Crippen molar-refractivity contribution in [3.05, 3.63) is 65.0 Å². The smallest absolute Gasteiger partial charge is 0.123 e. The molecule has 0 aliphatic carbocycles. The van der Waals surface area contributed by atoms with Crippen molar-refractivity contribution in [3.63, 3.8) is 0 Å². The number of hydrogen-bond acceptors (Lipinski definition) is 1. The number of hydrogen-bond donors (Lipinski definition) is 1. The van der Waals surface area contributed by atoms with Crippen LogP contribution in [0, 0.1) is 5.82 Å². The molecule has 0 saturated heterocycles. The van der Waals surface area contributed by atoms with E-state index in [4.69, 9.17) is 0 Å². The summed E-state index contributed by atoms with van der Waals surface area (Å²) in [5.74, 6) is -0.173. The molecular weight excluding hydrogens is 225 g/mol. The van der Waals surface area contributed by atoms with Crippen LogP contribution in [0.15, 0.2) is 42.5 Å². The summed E-state index contributed by atoms with van der Waals surface area (Å²) >= 11 is 0. The van der Waals surface area contributed by atoms with Gasteiger partial charge in [-0.2, -0.15) is 0 Å². The highest BCUT2D eigenvalue weighted by Crippen LogP contribution is 2.24. The predicted molar refractivity (Wildman–Crippen MR) is 72.5 cm³/mol. The lowest BCUT2D eigenvalue weighted by atomic mass is 9.97. The Morgan fingerprint density at radius 1 is 1.00 bits per heavy atom. The number of benzene rings is 2. The van der Waals surface area contributed by atoms with E-state index in [1.54, 1.807) is 0 Å². The van der Waals surface area contributed by atoms with Crippen molar-refractivity contribution in [1.29, 1.82) is 0 Å². The van der Waals surface area contributed by atoms with Gasteiger partial charge in [0.25, 0.3) is 0 Å². The molecule has 0 bridgehead atoms. The molecule has 1 nitrogen and oxygen atoms in total. The molecular formula is C16H16FN. The molecule has 2 heteroatoms. The zero-order chi connectivity index (χ0) is 12.4. The quantitative estimate of drug-likeness (QED) is 0.843. The third kappa shape index (κ3) is 2.37. The van der Waals surface area contributed by atoms with Crippen LogP contribution in [0.3, 0.4) is 0 Å². The number of rotatable bonds is 2. The zero-order valence-electron chi connectivity index (χ0n) is 10.2. The molecule has 0 fully saturated rings. The topological polar surface area (TPSA) is 12.0 Å². The molecule has 1 heterocycles. The lowest BCUT2D eigenvalue weighted by molar-refractivity contribution is 0.627. The van der Waals surface area contributed by atoms with Gasteiger partial charge in [-0.25, -0.2) is 4.39 Å². The minimum Gasteiger partial charge on any atom is -0.385 e. The van der Waals surface area contributed by atoms with E-state index in [0.717, 1.165) is 24.9 Å². The van der Waals surface area contributed by atoms with E-state index >= 15 is 0 Å². The Bertz CT molecular complexity index is 546. The summed E-state index contributed by atoms with van der Waals surface area (Å²) in [6, 6.07) is 13.3. The van der Waals surface area contributed by atoms with Gasteiger partial charge in [0.2, 0.25) is 0 Å². The van der Waals surface area contributed by atoms with Crippen molar-refractivity contribution < 1.29 is 4.39 Å². The molecule has 0 amide bonds. The van der Waals surface area contributed by atoms with E-state index in [-0.39, 0.29) is 5.82 Å². The van der Waals surface area contributed by atoms with Crippen molar-refractivity contribution in [2.75, 3.05) is 11.9 Å². The average Bonchev–Trinajstić information content (AvgIpc) is 2.41. The largest absolute Gasteiger partial charge is 0.385 e. The SMILES string of the molecule is Fc1ccc(Cc2ccc3c(c2)CCCN3)cc1. The molecule has 1 aliphatic heterocycles. The number of fused-ring (bicyclic) bond motifs is 1. The molecule has 18 heavy (non-hydrogen) atoms. The Balaban J connectivity index is 1.82. The fraction of sp³-hybridized carbons (Fsp3) is 0.250. The van der Waals surface area contributed by atoms with Crippen molar-refractivity contribution in [2.45, 2.75) is 19.3 Å². The first-order valence-corrected chi connectivity index (χ1v) is 6.41. The Hall–Kier alpha value is -1.83. The Morgan fingerprint density at radius 2 is 1.78 bits per heavy atom. The maximum absolute atomic E-state index is 12.8. The fourth-order valence-electron chi connectivity index (χ4n) is 2.48. The van der Waals surface area contributed by atoms with Gasteiger partial charge >= 0.3 is 0 Å². The van der Waals surface area contributed by atoms with Crippen molar-refractivity contribution in [2.24, 2.45) is 0 Å². The second kappa shape index (κ2) is 4.81. The van der Waals surface area contributed by atoms with E-state index in [2.05, 4.69) is 23.5 Å². The summed E-state index contributed by atoms with van der Waals surface area (Å²) in [5, 5.41) is 3.41. The van der Waals surface area contributed by atoms with Gasteiger partial charge in [-0.05, 0) is 54.2 Å². The first kappa shape index (κ1) is 11.3. The average molecular weight is 241 g/mol. The lowest BCUT2D eigenvalue weighted by Gasteiger charge is -2.18. The van der Waals surface area contributed by atoms with Crippen molar-refractivity contribution >= 4 is 5.69 Å². The minimum absolute atomic E-state index is 0.173. The summed E-state index contributed by atoms with van der Waals surface area (Å²) in [6.45, 7) is 1.07. The molecule has 2 aromatic rings. The molecule has 0 unspecified atom stereocenters. The van der Waals surface area contributed by atoms with E-state index in [0.29, 0.717) is 0 Å². The van der Waals surface area contributed by atoms with Gasteiger partial charge in [-0.15, -0.1) is 0 Å². The van der Waals surface area contributed by atoms with Crippen LogP contribution in [0.5, 0.6) is 0 Å². The van der Waals surface area contributed by atoms with Crippen LogP contribution < -0.4 is 5.32 Å². The van der Waals surface area contributed by atoms with Gasteiger partial charge in [-0.3, -0.25) is 0 Å². The Morgan fingerprint density at radius 3 is 2.61 bits per heavy atom. The van der Waals surface area contributed by atoms with E-state index in [1.165, 1.54) is 35.4 Å². The summed E-state index contributed by atoms with van der Waals surface area (Å²) in [7, 11) is 0. The summed E-state index contributed by atoms with van der Waals surface area (Å²) < 4.78 is 12.8. The van der Waals surface area contributed by atoms with Crippen LogP contribution >= 0.6 is 0 Å². The standard InChI is InChI=1S/C16H16FN/c17-15-6-3-12(4-7-15)10-13-5-8-16-14(11-13)2-1-9-18-16/h3-8,11,18H,1-2,9-10H2. The van der Waals surface area contributed by atoms with E-state index < -0.39 is 0 Å². The highest BCUT2D eigenvalue weighted by molar-refractivity contribution is 5.54. The molecule has 92 valence electrons. The first-order valence-electron chi connectivity index (χ1n) is 6.41. The van der Waals surface area contributed by atoms with Crippen LogP contribution in [-0.2, 0) is 12.8 Å². The van der Waals surface area contributed by atoms with Gasteiger partial charge in [0.05, 0.1) is 0 Å². The molecule has 0 aromatic heterocycles. The number of aryl methyl sites for hydroxylation is 1. The second-order valence-corrected chi connectivity index (χ2v) is 4.83. The third-order valence-electron chi connectivity index (χ3n) is 3.43. The molecule has 1 N–H and O–H groups in total. The maximum Gasteiger partial charge on any atom is 0.123 e. The Kier molecular flexibility index (Phi) is 3.01. The first-order chi connectivity index (χ1) is 8.81. The lowest BCUT2D eigenvalue weighted by Crippen LogP contribution is -2.11. The molecule has 0 radical (unpaired) electrons. The highest BCUT2D eigenvalue weighted by atomic mass is 19.1. The monoisotopic (exact) mass is 241 g/mol. The van der Waals surface area contributed by atoms with Crippen LogP contribution in [0.1, 0.15) is 23.1 Å². The summed E-state index contributed by atoms with van der Waals surface area (Å²) in [4.78, 5) is 0. The summed E-state index contributed by atoms with van der Waals surface area (Å²) in [6.07, 6.45) is 3.22. The minimum atomic E-state index is -0.173. The van der Waals surface area contributed by atoms with E-state index in [1.807, 2.05) is 12.1 Å². The van der Waals surface area contributed by atoms with Crippen molar-refractivity contribution in [1.82, 2.24) is 0 Å². The number of nitrogens with one attached hydrogen (secondary N) is 1. The third-order valence-corrected chi connectivity index (χ3v) is 3.43. The maximum atomic E-state index is 12.8. The zero-order valence-corrected chi connectivity index (χ0v) is 10.2. The van der Waals surface area contributed by atoms with Gasteiger partial charge < -0.3 is 5.32 Å². The molecule has 0 saturated carbocycles. The molecule has 2 aromatic carbocycles. The van der Waals surface area contributed by atoms with Gasteiger partial charge in [0, 0.05) is 12.2 Å². The van der Waals surface area contributed by atoms with Crippen LogP contribution in [0.4, 0.5) is 10.1 Å². The van der Waals surface area contributed by atoms with Crippen LogP contribution in [0.2, 0.25) is 0 Å². The van der Waals surface area contributed by atoms with Crippen LogP contribution in [-0.4, -0.2) is 6.54 Å². The molecule has 0 spiro atoms. The fourth-order valence-corrected chi connectivity index (χ4v) is 2.48. The predicted octanol–water partition coefficient (Wildman–Crippen LogP) is 3.77. The van der Waals surface area contributed by atoms with Gasteiger partial charge in [0.15, 0.2) is 0 Å². The molecule has 0 atom stereocenters. The van der Waals surface area contributed by atoms with E-state index in [9.17, 15) is 4.39 Å². The normalized spacial score (nSPS) is 13.8. The van der Waals surface area contributed by atoms with Gasteiger partial charge in [-0.1, -0.05) is 24.3 Å². The number of anilines is 1. The highest BCUT2D eigenvalue weighted by Gasteiger charge is 2.08. The second-order valence-electron chi connectivity index (χ2n) is 4.83. The molecule has 3 rings (SSSR count). The molecule has 1 aliphatic rings. The Labute approximate surface area is 107 Å². The van der Waals surface area contributed by atoms with Gasteiger partial charge in [0.1, 0.15) is 5.82 Å². The number of halogens is 1.